The van der Waals surface area contributed by atoms with Gasteiger partial charge in [0.1, 0.15) is 5.58 Å². The third-order valence-corrected chi connectivity index (χ3v) is 5.27. The molecule has 0 radical (unpaired) electrons. The number of carbonyl (C=O) groups excluding carboxylic acids is 1. The standard InChI is InChI=1S/C22H23ClN2O3/c1-15-2-4-16(5-3-15)19(14-25-8-10-27-11-9-25)24-22(26)21-13-17-12-18(23)6-7-20(17)28-21/h2-7,12-13,19H,8-11,14H2,1H3,(H,24,26)/t19-/m0/s1. The molecule has 0 spiro atoms. The Kier molecular flexibility index (Phi) is 5.67. The summed E-state index contributed by atoms with van der Waals surface area (Å²) in [7, 11) is 0. The molecule has 2 heterocycles. The van der Waals surface area contributed by atoms with Crippen molar-refractivity contribution in [2.45, 2.75) is 13.0 Å². The number of hydrogen-bond donors (Lipinski definition) is 1. The van der Waals surface area contributed by atoms with E-state index in [1.165, 1.54) is 5.56 Å². The van der Waals surface area contributed by atoms with Gasteiger partial charge in [0.2, 0.25) is 0 Å². The first-order valence-corrected chi connectivity index (χ1v) is 9.83. The monoisotopic (exact) mass is 398 g/mol. The first-order valence-electron chi connectivity index (χ1n) is 9.45. The van der Waals surface area contributed by atoms with Crippen molar-refractivity contribution in [2.24, 2.45) is 0 Å². The average Bonchev–Trinajstić information content (AvgIpc) is 3.12. The maximum atomic E-state index is 12.9. The van der Waals surface area contributed by atoms with Crippen LogP contribution in [0.2, 0.25) is 5.02 Å². The number of furan rings is 1. The zero-order chi connectivity index (χ0) is 19.5. The minimum atomic E-state index is -0.230. The minimum Gasteiger partial charge on any atom is -0.451 e. The number of carbonyl (C=O) groups is 1. The first kappa shape index (κ1) is 19.0. The number of rotatable bonds is 5. The molecule has 0 unspecified atom stereocenters. The normalized spacial score (nSPS) is 16.2. The van der Waals surface area contributed by atoms with Crippen LogP contribution in [0.15, 0.2) is 52.9 Å². The SMILES string of the molecule is Cc1ccc([C@H](CN2CCOCC2)NC(=O)c2cc3cc(Cl)ccc3o2)cc1. The van der Waals surface area contributed by atoms with Gasteiger partial charge in [-0.05, 0) is 36.8 Å². The second kappa shape index (κ2) is 8.35. The number of ether oxygens (including phenoxy) is 1. The van der Waals surface area contributed by atoms with E-state index in [2.05, 4.69) is 41.4 Å². The molecule has 28 heavy (non-hydrogen) atoms. The summed E-state index contributed by atoms with van der Waals surface area (Å²) in [4.78, 5) is 15.2. The second-order valence-electron chi connectivity index (χ2n) is 7.14. The van der Waals surface area contributed by atoms with E-state index in [1.54, 1.807) is 24.3 Å². The van der Waals surface area contributed by atoms with Gasteiger partial charge in [0, 0.05) is 30.0 Å². The summed E-state index contributed by atoms with van der Waals surface area (Å²) in [5.41, 5.74) is 2.91. The molecule has 1 saturated heterocycles. The van der Waals surface area contributed by atoms with Gasteiger partial charge in [-0.1, -0.05) is 41.4 Å². The Balaban J connectivity index is 1.55. The summed E-state index contributed by atoms with van der Waals surface area (Å²) in [5, 5.41) is 4.58. The van der Waals surface area contributed by atoms with E-state index in [1.807, 2.05) is 0 Å². The lowest BCUT2D eigenvalue weighted by molar-refractivity contribution is 0.0331. The Hall–Kier alpha value is -2.34. The van der Waals surface area contributed by atoms with Crippen LogP contribution in [0.4, 0.5) is 0 Å². The van der Waals surface area contributed by atoms with Crippen LogP contribution in [-0.2, 0) is 4.74 Å². The summed E-state index contributed by atoms with van der Waals surface area (Å²) >= 11 is 6.04. The van der Waals surface area contributed by atoms with Gasteiger partial charge in [-0.15, -0.1) is 0 Å². The first-order chi connectivity index (χ1) is 13.6. The van der Waals surface area contributed by atoms with E-state index < -0.39 is 0 Å². The van der Waals surface area contributed by atoms with Crippen LogP contribution in [0.1, 0.15) is 27.7 Å². The molecule has 0 aliphatic carbocycles. The summed E-state index contributed by atoms with van der Waals surface area (Å²) < 4.78 is 11.2. The second-order valence-corrected chi connectivity index (χ2v) is 7.58. The van der Waals surface area contributed by atoms with Crippen LogP contribution >= 0.6 is 11.6 Å². The van der Waals surface area contributed by atoms with Gasteiger partial charge in [-0.3, -0.25) is 9.69 Å². The number of hydrogen-bond acceptors (Lipinski definition) is 4. The molecule has 1 aliphatic rings. The van der Waals surface area contributed by atoms with Gasteiger partial charge >= 0.3 is 0 Å². The molecule has 1 fully saturated rings. The van der Waals surface area contributed by atoms with Gasteiger partial charge in [0.15, 0.2) is 5.76 Å². The van der Waals surface area contributed by atoms with Gasteiger partial charge in [-0.25, -0.2) is 0 Å². The summed E-state index contributed by atoms with van der Waals surface area (Å²) in [5.74, 6) is 0.0579. The molecule has 2 aromatic carbocycles. The number of fused-ring (bicyclic) bond motifs is 1. The average molecular weight is 399 g/mol. The van der Waals surface area contributed by atoms with Crippen molar-refractivity contribution in [3.05, 3.63) is 70.4 Å². The third kappa shape index (κ3) is 4.38. The molecule has 6 heteroatoms. The number of morpholine rings is 1. The lowest BCUT2D eigenvalue weighted by Gasteiger charge is -2.31. The Bertz CT molecular complexity index is 962. The molecule has 0 bridgehead atoms. The van der Waals surface area contributed by atoms with Crippen molar-refractivity contribution in [3.63, 3.8) is 0 Å². The fraction of sp³-hybridized carbons (Fsp3) is 0.318. The molecule has 146 valence electrons. The molecule has 1 aromatic heterocycles. The van der Waals surface area contributed by atoms with Gasteiger partial charge in [0.05, 0.1) is 19.3 Å². The number of halogens is 1. The van der Waals surface area contributed by atoms with E-state index in [0.29, 0.717) is 10.6 Å². The zero-order valence-corrected chi connectivity index (χ0v) is 16.5. The predicted molar refractivity (Wildman–Crippen MR) is 110 cm³/mol. The van der Waals surface area contributed by atoms with Gasteiger partial charge < -0.3 is 14.5 Å². The van der Waals surface area contributed by atoms with Crippen molar-refractivity contribution in [1.29, 1.82) is 0 Å². The molecule has 4 rings (SSSR count). The van der Waals surface area contributed by atoms with Crippen molar-refractivity contribution >= 4 is 28.5 Å². The number of aryl methyl sites for hydroxylation is 1. The molecular weight excluding hydrogens is 376 g/mol. The van der Waals surface area contributed by atoms with Gasteiger partial charge in [0.25, 0.3) is 5.91 Å². The molecule has 1 N–H and O–H groups in total. The fourth-order valence-electron chi connectivity index (χ4n) is 3.43. The third-order valence-electron chi connectivity index (χ3n) is 5.03. The van der Waals surface area contributed by atoms with E-state index >= 15 is 0 Å². The summed E-state index contributed by atoms with van der Waals surface area (Å²) in [6.45, 7) is 5.95. The highest BCUT2D eigenvalue weighted by molar-refractivity contribution is 6.31. The highest BCUT2D eigenvalue weighted by Gasteiger charge is 2.22. The van der Waals surface area contributed by atoms with Crippen molar-refractivity contribution in [2.75, 3.05) is 32.8 Å². The van der Waals surface area contributed by atoms with Crippen LogP contribution in [0.25, 0.3) is 11.0 Å². The highest BCUT2D eigenvalue weighted by Crippen LogP contribution is 2.24. The van der Waals surface area contributed by atoms with Crippen LogP contribution in [0.3, 0.4) is 0 Å². The topological polar surface area (TPSA) is 54.7 Å². The number of benzene rings is 2. The minimum absolute atomic E-state index is 0.136. The Morgan fingerprint density at radius 2 is 1.89 bits per heavy atom. The maximum absolute atomic E-state index is 12.9. The molecule has 1 atom stereocenters. The Morgan fingerprint density at radius 3 is 2.64 bits per heavy atom. The van der Waals surface area contributed by atoms with Crippen LogP contribution in [0.5, 0.6) is 0 Å². The quantitative estimate of drug-likeness (QED) is 0.699. The summed E-state index contributed by atoms with van der Waals surface area (Å²) in [6, 6.07) is 15.2. The molecule has 1 amide bonds. The van der Waals surface area contributed by atoms with Crippen molar-refractivity contribution < 1.29 is 13.9 Å². The molecule has 5 nitrogen and oxygen atoms in total. The lowest BCUT2D eigenvalue weighted by Crippen LogP contribution is -2.43. The fourth-order valence-corrected chi connectivity index (χ4v) is 3.61. The Morgan fingerprint density at radius 1 is 1.14 bits per heavy atom. The maximum Gasteiger partial charge on any atom is 0.287 e. The predicted octanol–water partition coefficient (Wildman–Crippen LogP) is 4.20. The smallest absolute Gasteiger partial charge is 0.287 e. The van der Waals surface area contributed by atoms with E-state index in [-0.39, 0.29) is 17.7 Å². The molecular formula is C22H23ClN2O3. The van der Waals surface area contributed by atoms with E-state index in [9.17, 15) is 4.79 Å². The van der Waals surface area contributed by atoms with E-state index in [4.69, 9.17) is 20.8 Å². The largest absolute Gasteiger partial charge is 0.451 e. The highest BCUT2D eigenvalue weighted by atomic mass is 35.5. The Labute approximate surface area is 169 Å². The van der Waals surface area contributed by atoms with Crippen LogP contribution in [0, 0.1) is 6.92 Å². The van der Waals surface area contributed by atoms with Crippen LogP contribution in [-0.4, -0.2) is 43.7 Å². The van der Waals surface area contributed by atoms with Crippen LogP contribution < -0.4 is 5.32 Å². The van der Waals surface area contributed by atoms with Gasteiger partial charge in [-0.2, -0.15) is 0 Å². The number of nitrogens with one attached hydrogen (secondary N) is 1. The molecule has 0 saturated carbocycles. The molecule has 1 aliphatic heterocycles. The molecule has 3 aromatic rings. The zero-order valence-electron chi connectivity index (χ0n) is 15.8. The van der Waals surface area contributed by atoms with Crippen molar-refractivity contribution in [3.8, 4) is 0 Å². The summed E-state index contributed by atoms with van der Waals surface area (Å²) in [6.07, 6.45) is 0. The van der Waals surface area contributed by atoms with Crippen molar-refractivity contribution in [1.82, 2.24) is 10.2 Å². The lowest BCUT2D eigenvalue weighted by atomic mass is 10.0. The van der Waals surface area contributed by atoms with E-state index in [0.717, 1.165) is 43.8 Å². The number of nitrogens with zero attached hydrogens (tertiary/aromatic N) is 1. The number of amides is 1.